The molecule has 0 fully saturated rings. The molecular formula is C26H24ClNO3. The maximum Gasteiger partial charge on any atom is 0.120 e. The van der Waals surface area contributed by atoms with Crippen LogP contribution in [-0.4, -0.2) is 25.9 Å². The Kier molecular flexibility index (Phi) is 5.92. The first-order valence-electron chi connectivity index (χ1n) is 9.90. The van der Waals surface area contributed by atoms with Gasteiger partial charge < -0.3 is 18.8 Å². The Bertz CT molecular complexity index is 1190. The third kappa shape index (κ3) is 3.99. The van der Waals surface area contributed by atoms with Gasteiger partial charge in [0, 0.05) is 23.0 Å². The van der Waals surface area contributed by atoms with Gasteiger partial charge in [-0.05, 0) is 84.8 Å². The highest BCUT2D eigenvalue weighted by Crippen LogP contribution is 2.40. The molecule has 3 aromatic carbocycles. The van der Waals surface area contributed by atoms with E-state index in [0.29, 0.717) is 5.02 Å². The third-order valence-electron chi connectivity index (χ3n) is 5.44. The Labute approximate surface area is 187 Å². The number of halogens is 1. The maximum atomic E-state index is 6.63. The normalized spacial score (nSPS) is 10.7. The summed E-state index contributed by atoms with van der Waals surface area (Å²) < 4.78 is 18.2. The summed E-state index contributed by atoms with van der Waals surface area (Å²) in [7, 11) is 4.98. The summed E-state index contributed by atoms with van der Waals surface area (Å²) in [5, 5.41) is 0.649. The van der Waals surface area contributed by atoms with Gasteiger partial charge in [0.2, 0.25) is 0 Å². The summed E-state index contributed by atoms with van der Waals surface area (Å²) >= 11 is 6.63. The van der Waals surface area contributed by atoms with Crippen molar-refractivity contribution in [1.82, 2.24) is 4.57 Å². The molecule has 158 valence electrons. The van der Waals surface area contributed by atoms with Crippen LogP contribution in [0.25, 0.3) is 28.1 Å². The summed E-state index contributed by atoms with van der Waals surface area (Å²) in [4.78, 5) is 0. The molecule has 0 bridgehead atoms. The predicted octanol–water partition coefficient (Wildman–Crippen LogP) is 6.80. The van der Waals surface area contributed by atoms with Crippen LogP contribution < -0.4 is 14.2 Å². The number of benzene rings is 3. The molecule has 0 saturated heterocycles. The first-order chi connectivity index (χ1) is 15.0. The van der Waals surface area contributed by atoms with E-state index in [1.54, 1.807) is 21.3 Å². The monoisotopic (exact) mass is 433 g/mol. The Balaban J connectivity index is 1.92. The minimum Gasteiger partial charge on any atom is -0.497 e. The van der Waals surface area contributed by atoms with Gasteiger partial charge in [-0.25, -0.2) is 0 Å². The van der Waals surface area contributed by atoms with Gasteiger partial charge in [-0.2, -0.15) is 0 Å². The van der Waals surface area contributed by atoms with E-state index in [1.165, 1.54) is 0 Å². The van der Waals surface area contributed by atoms with Crippen LogP contribution in [0.2, 0.25) is 5.02 Å². The average Bonchev–Trinajstić information content (AvgIpc) is 3.15. The highest BCUT2D eigenvalue weighted by molar-refractivity contribution is 6.33. The van der Waals surface area contributed by atoms with Gasteiger partial charge in [0.15, 0.2) is 0 Å². The van der Waals surface area contributed by atoms with Crippen molar-refractivity contribution in [3.63, 3.8) is 0 Å². The minimum atomic E-state index is 0.649. The zero-order chi connectivity index (χ0) is 22.0. The van der Waals surface area contributed by atoms with Crippen LogP contribution in [-0.2, 0) is 0 Å². The number of ether oxygens (including phenoxy) is 3. The molecule has 0 radical (unpaired) electrons. The van der Waals surface area contributed by atoms with Crippen molar-refractivity contribution in [3.05, 3.63) is 83.5 Å². The van der Waals surface area contributed by atoms with Crippen molar-refractivity contribution in [2.75, 3.05) is 21.3 Å². The largest absolute Gasteiger partial charge is 0.497 e. The number of hydrogen-bond donors (Lipinski definition) is 0. The summed E-state index contributed by atoms with van der Waals surface area (Å²) in [5.74, 6) is 2.37. The Morgan fingerprint density at radius 1 is 0.677 bits per heavy atom. The molecule has 0 aliphatic carbocycles. The Morgan fingerprint density at radius 2 is 1.23 bits per heavy atom. The smallest absolute Gasteiger partial charge is 0.120 e. The lowest BCUT2D eigenvalue weighted by Gasteiger charge is -2.12. The average molecular weight is 434 g/mol. The maximum absolute atomic E-state index is 6.63. The molecule has 0 aliphatic heterocycles. The Hall–Kier alpha value is -3.37. The van der Waals surface area contributed by atoms with E-state index >= 15 is 0 Å². The molecule has 4 aromatic rings. The fourth-order valence-corrected chi connectivity index (χ4v) is 4.03. The lowest BCUT2D eigenvalue weighted by atomic mass is 10.0. The Morgan fingerprint density at radius 3 is 1.77 bits per heavy atom. The van der Waals surface area contributed by atoms with Crippen molar-refractivity contribution in [1.29, 1.82) is 0 Å². The van der Waals surface area contributed by atoms with Gasteiger partial charge in [0.05, 0.1) is 32.0 Å². The lowest BCUT2D eigenvalue weighted by molar-refractivity contribution is 0.414. The third-order valence-corrected chi connectivity index (χ3v) is 5.75. The second-order valence-electron chi connectivity index (χ2n) is 7.16. The van der Waals surface area contributed by atoms with Gasteiger partial charge >= 0.3 is 0 Å². The van der Waals surface area contributed by atoms with E-state index in [9.17, 15) is 0 Å². The quantitative estimate of drug-likeness (QED) is 0.335. The fraction of sp³-hybridized carbons (Fsp3) is 0.154. The van der Waals surface area contributed by atoms with E-state index < -0.39 is 0 Å². The molecule has 31 heavy (non-hydrogen) atoms. The highest BCUT2D eigenvalue weighted by Gasteiger charge is 2.19. The van der Waals surface area contributed by atoms with Gasteiger partial charge in [0.25, 0.3) is 0 Å². The molecule has 0 unspecified atom stereocenters. The first-order valence-corrected chi connectivity index (χ1v) is 10.3. The summed E-state index contributed by atoms with van der Waals surface area (Å²) in [5.41, 5.74) is 6.37. The number of hydrogen-bond acceptors (Lipinski definition) is 3. The fourth-order valence-electron chi connectivity index (χ4n) is 3.76. The molecule has 1 heterocycles. The molecule has 0 saturated carbocycles. The predicted molar refractivity (Wildman–Crippen MR) is 126 cm³/mol. The van der Waals surface area contributed by atoms with E-state index in [0.717, 1.165) is 50.9 Å². The second kappa shape index (κ2) is 8.78. The summed E-state index contributed by atoms with van der Waals surface area (Å²) in [6, 6.07) is 21.9. The van der Waals surface area contributed by atoms with Crippen LogP contribution in [0.3, 0.4) is 0 Å². The standard InChI is InChI=1S/C26H24ClNO3/c1-17-24(23-14-13-22(31-4)15-25(23)27)16-28(19-7-11-21(30-3)12-8-19)26(17)18-5-9-20(29-2)10-6-18/h5-16H,1-4H3. The van der Waals surface area contributed by atoms with Crippen molar-refractivity contribution in [2.45, 2.75) is 6.92 Å². The minimum absolute atomic E-state index is 0.649. The zero-order valence-electron chi connectivity index (χ0n) is 18.0. The molecule has 0 spiro atoms. The van der Waals surface area contributed by atoms with E-state index in [1.807, 2.05) is 54.6 Å². The van der Waals surface area contributed by atoms with Crippen molar-refractivity contribution >= 4 is 11.6 Å². The first kappa shape index (κ1) is 20.9. The lowest BCUT2D eigenvalue weighted by Crippen LogP contribution is -1.96. The molecule has 0 aliphatic rings. The van der Waals surface area contributed by atoms with E-state index in [4.69, 9.17) is 25.8 Å². The van der Waals surface area contributed by atoms with Crippen molar-refractivity contribution in [3.8, 4) is 45.3 Å². The zero-order valence-corrected chi connectivity index (χ0v) is 18.7. The van der Waals surface area contributed by atoms with E-state index in [-0.39, 0.29) is 0 Å². The topological polar surface area (TPSA) is 32.6 Å². The van der Waals surface area contributed by atoms with Gasteiger partial charge in [-0.1, -0.05) is 11.6 Å². The van der Waals surface area contributed by atoms with Crippen molar-refractivity contribution in [2.24, 2.45) is 0 Å². The van der Waals surface area contributed by atoms with E-state index in [2.05, 4.69) is 29.8 Å². The molecule has 5 heteroatoms. The van der Waals surface area contributed by atoms with Crippen LogP contribution in [0.15, 0.2) is 72.9 Å². The number of methoxy groups -OCH3 is 3. The SMILES string of the molecule is COc1ccc(-c2c(C)c(-c3ccc(OC)cc3Cl)cn2-c2ccc(OC)cc2)cc1. The molecule has 4 nitrogen and oxygen atoms in total. The van der Waals surface area contributed by atoms with Gasteiger partial charge in [0.1, 0.15) is 17.2 Å². The van der Waals surface area contributed by atoms with Crippen molar-refractivity contribution < 1.29 is 14.2 Å². The number of rotatable bonds is 6. The van der Waals surface area contributed by atoms with Gasteiger partial charge in [-0.3, -0.25) is 0 Å². The molecule has 0 N–H and O–H groups in total. The van der Waals surface area contributed by atoms with Gasteiger partial charge in [-0.15, -0.1) is 0 Å². The summed E-state index contributed by atoms with van der Waals surface area (Å²) in [6.45, 7) is 2.12. The highest BCUT2D eigenvalue weighted by atomic mass is 35.5. The van der Waals surface area contributed by atoms with Crippen LogP contribution >= 0.6 is 11.6 Å². The van der Waals surface area contributed by atoms with Crippen LogP contribution in [0, 0.1) is 6.92 Å². The van der Waals surface area contributed by atoms with Crippen LogP contribution in [0.5, 0.6) is 17.2 Å². The molecule has 1 aromatic heterocycles. The molecular weight excluding hydrogens is 410 g/mol. The van der Waals surface area contributed by atoms with Crippen LogP contribution in [0.4, 0.5) is 0 Å². The number of aromatic nitrogens is 1. The molecule has 4 rings (SSSR count). The molecule has 0 amide bonds. The summed E-state index contributed by atoms with van der Waals surface area (Å²) in [6.07, 6.45) is 2.13. The second-order valence-corrected chi connectivity index (χ2v) is 7.57. The number of nitrogens with zero attached hydrogens (tertiary/aromatic N) is 1. The molecule has 0 atom stereocenters. The van der Waals surface area contributed by atoms with Crippen LogP contribution in [0.1, 0.15) is 5.56 Å².